The van der Waals surface area contributed by atoms with Gasteiger partial charge in [-0.05, 0) is 50.1 Å². The zero-order chi connectivity index (χ0) is 25.6. The van der Waals surface area contributed by atoms with E-state index in [1.807, 2.05) is 13.0 Å². The van der Waals surface area contributed by atoms with E-state index in [4.69, 9.17) is 4.98 Å². The van der Waals surface area contributed by atoms with Gasteiger partial charge in [0.05, 0.1) is 11.1 Å². The van der Waals surface area contributed by atoms with Crippen molar-refractivity contribution in [3.63, 3.8) is 0 Å². The van der Waals surface area contributed by atoms with Crippen molar-refractivity contribution in [1.82, 2.24) is 29.5 Å². The Labute approximate surface area is 206 Å². The van der Waals surface area contributed by atoms with E-state index in [1.54, 1.807) is 28.9 Å². The van der Waals surface area contributed by atoms with Crippen molar-refractivity contribution in [2.75, 3.05) is 18.0 Å². The van der Waals surface area contributed by atoms with Crippen LogP contribution in [0.15, 0.2) is 42.7 Å². The van der Waals surface area contributed by atoms with Crippen LogP contribution in [0.5, 0.6) is 0 Å². The van der Waals surface area contributed by atoms with E-state index in [2.05, 4.69) is 44.9 Å². The predicted molar refractivity (Wildman–Crippen MR) is 128 cm³/mol. The Kier molecular flexibility index (Phi) is 6.00. The number of benzene rings is 1. The third kappa shape index (κ3) is 4.11. The van der Waals surface area contributed by atoms with Gasteiger partial charge >= 0.3 is 6.18 Å². The van der Waals surface area contributed by atoms with Gasteiger partial charge in [0.25, 0.3) is 5.78 Å². The molecule has 1 aliphatic heterocycles. The van der Waals surface area contributed by atoms with Crippen LogP contribution in [-0.4, -0.2) is 54.6 Å². The van der Waals surface area contributed by atoms with Gasteiger partial charge in [-0.2, -0.15) is 23.4 Å². The van der Waals surface area contributed by atoms with Crippen molar-refractivity contribution in [3.8, 4) is 6.07 Å². The van der Waals surface area contributed by atoms with E-state index < -0.39 is 11.7 Å². The number of hydrogen-bond acceptors (Lipinski definition) is 7. The molecule has 0 saturated carbocycles. The molecule has 0 radical (unpaired) electrons. The Morgan fingerprint density at radius 1 is 1.11 bits per heavy atom. The highest BCUT2D eigenvalue weighted by atomic mass is 19.4. The number of anilines is 1. The molecule has 1 fully saturated rings. The molecule has 5 rings (SSSR count). The first-order valence-corrected chi connectivity index (χ1v) is 11.8. The first-order chi connectivity index (χ1) is 17.2. The molecule has 0 unspecified atom stereocenters. The van der Waals surface area contributed by atoms with Crippen molar-refractivity contribution in [2.45, 2.75) is 51.5 Å². The maximum absolute atomic E-state index is 13.0. The molecule has 1 aromatic carbocycles. The van der Waals surface area contributed by atoms with Crippen molar-refractivity contribution < 1.29 is 13.2 Å². The molecule has 0 N–H and O–H groups in total. The molecule has 0 aliphatic carbocycles. The monoisotopic (exact) mass is 494 g/mol. The number of pyridine rings is 1. The molecule has 0 bridgehead atoms. The van der Waals surface area contributed by atoms with E-state index >= 15 is 0 Å². The Morgan fingerprint density at radius 3 is 2.53 bits per heavy atom. The summed E-state index contributed by atoms with van der Waals surface area (Å²) in [5.74, 6) is 1.11. The minimum Gasteiger partial charge on any atom is -0.349 e. The van der Waals surface area contributed by atoms with E-state index in [0.29, 0.717) is 35.9 Å². The van der Waals surface area contributed by atoms with Gasteiger partial charge in [-0.1, -0.05) is 19.1 Å². The number of rotatable bonds is 4. The normalized spacial score (nSPS) is 20.1. The highest BCUT2D eigenvalue weighted by Gasteiger charge is 2.36. The number of nitrogens with zero attached hydrogens (tertiary/aromatic N) is 8. The fourth-order valence-corrected chi connectivity index (χ4v) is 5.05. The average Bonchev–Trinajstić information content (AvgIpc) is 3.36. The van der Waals surface area contributed by atoms with Gasteiger partial charge in [0.1, 0.15) is 23.6 Å². The van der Waals surface area contributed by atoms with Crippen LogP contribution in [0, 0.1) is 11.3 Å². The van der Waals surface area contributed by atoms with Gasteiger partial charge in [-0.25, -0.2) is 4.98 Å². The molecule has 11 heteroatoms. The third-order valence-electron chi connectivity index (χ3n) is 7.05. The van der Waals surface area contributed by atoms with Crippen molar-refractivity contribution in [2.24, 2.45) is 0 Å². The zero-order valence-corrected chi connectivity index (χ0v) is 20.1. The summed E-state index contributed by atoms with van der Waals surface area (Å²) in [7, 11) is 0. The van der Waals surface area contributed by atoms with Crippen molar-refractivity contribution >= 4 is 22.6 Å². The molecule has 1 saturated heterocycles. The lowest BCUT2D eigenvalue weighted by molar-refractivity contribution is -0.137. The SMILES string of the molecule is CC[C@H]1CN([C@H](C)c2ccc(C(F)(F)F)cc2)[C@H](C)CN1c1nc2nncn2c2ccc(C#N)nc12. The molecule has 0 spiro atoms. The summed E-state index contributed by atoms with van der Waals surface area (Å²) in [5.41, 5.74) is 1.87. The minimum absolute atomic E-state index is 0.0644. The van der Waals surface area contributed by atoms with E-state index in [0.717, 1.165) is 29.6 Å². The van der Waals surface area contributed by atoms with Gasteiger partial charge in [0, 0.05) is 31.2 Å². The number of fused-ring (bicyclic) bond motifs is 3. The Morgan fingerprint density at radius 2 is 1.86 bits per heavy atom. The van der Waals surface area contributed by atoms with Gasteiger partial charge in [-0.15, -0.1) is 10.2 Å². The summed E-state index contributed by atoms with van der Waals surface area (Å²) in [6, 6.07) is 11.1. The van der Waals surface area contributed by atoms with Crippen LogP contribution >= 0.6 is 0 Å². The summed E-state index contributed by atoms with van der Waals surface area (Å²) in [5, 5.41) is 17.6. The standard InChI is InChI=1S/C25H25F3N8/c1-4-20-13-34(16(3)17-5-7-18(8-6-17)25(26,27)28)15(2)12-35(20)23-22-21(10-9-19(11-29)31-22)36-14-30-33-24(36)32-23/h5-10,14-16,20H,4,12-13H2,1-3H3/t15-,16-,20+/m1/s1. The van der Waals surface area contributed by atoms with Crippen LogP contribution < -0.4 is 4.90 Å². The first-order valence-electron chi connectivity index (χ1n) is 11.8. The van der Waals surface area contributed by atoms with Crippen LogP contribution in [0.25, 0.3) is 16.8 Å². The highest BCUT2D eigenvalue weighted by Crippen LogP contribution is 2.35. The molecule has 36 heavy (non-hydrogen) atoms. The molecule has 3 aromatic heterocycles. The Balaban J connectivity index is 1.49. The lowest BCUT2D eigenvalue weighted by atomic mass is 9.98. The number of halogens is 3. The van der Waals surface area contributed by atoms with Crippen LogP contribution in [0.3, 0.4) is 0 Å². The zero-order valence-electron chi connectivity index (χ0n) is 20.1. The van der Waals surface area contributed by atoms with E-state index in [9.17, 15) is 18.4 Å². The van der Waals surface area contributed by atoms with Crippen molar-refractivity contribution in [1.29, 1.82) is 5.26 Å². The summed E-state index contributed by atoms with van der Waals surface area (Å²) < 4.78 is 40.8. The Bertz CT molecular complexity index is 1440. The molecule has 186 valence electrons. The van der Waals surface area contributed by atoms with E-state index in [1.165, 1.54) is 0 Å². The maximum Gasteiger partial charge on any atom is 0.416 e. The second kappa shape index (κ2) is 9.02. The predicted octanol–water partition coefficient (Wildman–Crippen LogP) is 4.61. The number of nitriles is 1. The largest absolute Gasteiger partial charge is 0.416 e. The fourth-order valence-electron chi connectivity index (χ4n) is 5.05. The smallest absolute Gasteiger partial charge is 0.349 e. The molecule has 0 amide bonds. The van der Waals surface area contributed by atoms with E-state index in [-0.39, 0.29) is 18.1 Å². The number of aromatic nitrogens is 5. The van der Waals surface area contributed by atoms with Crippen LogP contribution in [0.1, 0.15) is 50.1 Å². The van der Waals surface area contributed by atoms with Crippen LogP contribution in [-0.2, 0) is 6.18 Å². The summed E-state index contributed by atoms with van der Waals surface area (Å²) in [4.78, 5) is 13.9. The summed E-state index contributed by atoms with van der Waals surface area (Å²) in [6.07, 6.45) is -1.96. The highest BCUT2D eigenvalue weighted by molar-refractivity contribution is 5.88. The maximum atomic E-state index is 13.0. The lowest BCUT2D eigenvalue weighted by Gasteiger charge is -2.48. The first kappa shape index (κ1) is 23.9. The van der Waals surface area contributed by atoms with Crippen LogP contribution in [0.2, 0.25) is 0 Å². The third-order valence-corrected chi connectivity index (χ3v) is 7.05. The van der Waals surface area contributed by atoms with Gasteiger partial charge in [-0.3, -0.25) is 9.30 Å². The number of piperazine rings is 1. The minimum atomic E-state index is -4.35. The molecule has 4 heterocycles. The fraction of sp³-hybridized carbons (Fsp3) is 0.400. The molecule has 1 aliphatic rings. The Hall–Kier alpha value is -3.78. The average molecular weight is 495 g/mol. The van der Waals surface area contributed by atoms with Gasteiger partial charge in [0.2, 0.25) is 0 Å². The number of hydrogen-bond donors (Lipinski definition) is 0. The second-order valence-electron chi connectivity index (χ2n) is 9.17. The lowest BCUT2D eigenvalue weighted by Crippen LogP contribution is -2.58. The molecular weight excluding hydrogens is 469 g/mol. The molecule has 4 aromatic rings. The molecule has 3 atom stereocenters. The quantitative estimate of drug-likeness (QED) is 0.409. The summed E-state index contributed by atoms with van der Waals surface area (Å²) >= 11 is 0. The second-order valence-corrected chi connectivity index (χ2v) is 9.17. The number of alkyl halides is 3. The topological polar surface area (TPSA) is 86.2 Å². The van der Waals surface area contributed by atoms with Crippen LogP contribution in [0.4, 0.5) is 19.0 Å². The van der Waals surface area contributed by atoms with Gasteiger partial charge in [0.15, 0.2) is 5.82 Å². The molecular formula is C25H25F3N8. The summed E-state index contributed by atoms with van der Waals surface area (Å²) in [6.45, 7) is 7.55. The van der Waals surface area contributed by atoms with Crippen molar-refractivity contribution in [3.05, 3.63) is 59.5 Å². The van der Waals surface area contributed by atoms with Gasteiger partial charge < -0.3 is 4.90 Å². The molecule has 8 nitrogen and oxygen atoms in total.